The summed E-state index contributed by atoms with van der Waals surface area (Å²) in [5.74, 6) is 0.819. The van der Waals surface area contributed by atoms with Gasteiger partial charge in [0.25, 0.3) is 0 Å². The van der Waals surface area contributed by atoms with Gasteiger partial charge in [-0.15, -0.1) is 0 Å². The van der Waals surface area contributed by atoms with Crippen molar-refractivity contribution < 1.29 is 4.79 Å². The summed E-state index contributed by atoms with van der Waals surface area (Å²) >= 11 is 1.69. The van der Waals surface area contributed by atoms with Gasteiger partial charge in [-0.05, 0) is 17.2 Å². The molecule has 0 radical (unpaired) electrons. The first-order chi connectivity index (χ1) is 7.13. The summed E-state index contributed by atoms with van der Waals surface area (Å²) in [6.07, 6.45) is 1.02. The summed E-state index contributed by atoms with van der Waals surface area (Å²) in [4.78, 5) is 11.7. The Hall–Kier alpha value is -0.760. The Balaban J connectivity index is 2.58. The van der Waals surface area contributed by atoms with Gasteiger partial charge in [0, 0.05) is 5.56 Å². The number of hydrogen-bond acceptors (Lipinski definition) is 2. The van der Waals surface area contributed by atoms with Crippen LogP contribution in [0.4, 0.5) is 0 Å². The molecule has 1 rings (SSSR count). The molecule has 1 aromatic rings. The van der Waals surface area contributed by atoms with Crippen molar-refractivity contribution in [1.82, 2.24) is 0 Å². The zero-order valence-electron chi connectivity index (χ0n) is 9.62. The van der Waals surface area contributed by atoms with Gasteiger partial charge < -0.3 is 0 Å². The van der Waals surface area contributed by atoms with Crippen LogP contribution in [-0.4, -0.2) is 16.8 Å². The minimum absolute atomic E-state index is 0.233. The van der Waals surface area contributed by atoms with E-state index in [1.54, 1.807) is 11.8 Å². The lowest BCUT2D eigenvalue weighted by atomic mass is 10.1. The quantitative estimate of drug-likeness (QED) is 0.708. The Morgan fingerprint density at radius 3 is 2.33 bits per heavy atom. The molecule has 0 saturated heterocycles. The number of ketones is 1. The van der Waals surface area contributed by atoms with Crippen LogP contribution in [0.3, 0.4) is 0 Å². The summed E-state index contributed by atoms with van der Waals surface area (Å²) in [5.41, 5.74) is 2.11. The lowest BCUT2D eigenvalue weighted by molar-refractivity contribution is 0.102. The van der Waals surface area contributed by atoms with E-state index in [4.69, 9.17) is 0 Å². The van der Waals surface area contributed by atoms with Gasteiger partial charge in [0.2, 0.25) is 0 Å². The smallest absolute Gasteiger partial charge is 0.172 e. The van der Waals surface area contributed by atoms with Crippen LogP contribution in [0.15, 0.2) is 24.3 Å². The van der Waals surface area contributed by atoms with Gasteiger partial charge >= 0.3 is 0 Å². The first-order valence-electron chi connectivity index (χ1n) is 5.37. The van der Waals surface area contributed by atoms with Gasteiger partial charge in [0.15, 0.2) is 5.78 Å². The number of carbonyl (C=O) groups excluding carboxylic acids is 1. The van der Waals surface area contributed by atoms with E-state index in [-0.39, 0.29) is 5.78 Å². The van der Waals surface area contributed by atoms with Crippen molar-refractivity contribution in [2.75, 3.05) is 5.75 Å². The summed E-state index contributed by atoms with van der Waals surface area (Å²) in [7, 11) is 0. The van der Waals surface area contributed by atoms with E-state index in [9.17, 15) is 4.79 Å². The van der Waals surface area contributed by atoms with E-state index in [0.717, 1.165) is 12.0 Å². The van der Waals surface area contributed by atoms with Gasteiger partial charge in [-0.2, -0.15) is 11.8 Å². The SMILES string of the molecule is CCc1ccc(C(=O)CSC(C)C)cc1. The van der Waals surface area contributed by atoms with Crippen molar-refractivity contribution in [3.63, 3.8) is 0 Å². The summed E-state index contributed by atoms with van der Waals surface area (Å²) in [6, 6.07) is 7.94. The monoisotopic (exact) mass is 222 g/mol. The summed E-state index contributed by atoms with van der Waals surface area (Å²) in [6.45, 7) is 6.34. The van der Waals surface area contributed by atoms with Crippen molar-refractivity contribution in [3.05, 3.63) is 35.4 Å². The second-order valence-corrected chi connectivity index (χ2v) is 5.40. The molecule has 0 spiro atoms. The summed E-state index contributed by atoms with van der Waals surface area (Å²) in [5, 5.41) is 0.517. The van der Waals surface area contributed by atoms with Crippen LogP contribution in [-0.2, 0) is 6.42 Å². The fraction of sp³-hybridized carbons (Fsp3) is 0.462. The third kappa shape index (κ3) is 4.08. The van der Waals surface area contributed by atoms with Crippen molar-refractivity contribution in [2.24, 2.45) is 0 Å². The van der Waals surface area contributed by atoms with Gasteiger partial charge in [0.05, 0.1) is 5.75 Å². The van der Waals surface area contributed by atoms with Gasteiger partial charge in [-0.1, -0.05) is 45.0 Å². The fourth-order valence-corrected chi connectivity index (χ4v) is 1.90. The molecule has 0 atom stereocenters. The average molecular weight is 222 g/mol. The molecule has 0 aliphatic heterocycles. The lowest BCUT2D eigenvalue weighted by Gasteiger charge is -2.04. The van der Waals surface area contributed by atoms with Crippen molar-refractivity contribution in [1.29, 1.82) is 0 Å². The molecular formula is C13H18OS. The Kier molecular flexibility index (Phi) is 4.89. The molecule has 0 N–H and O–H groups in total. The molecule has 82 valence electrons. The molecule has 15 heavy (non-hydrogen) atoms. The summed E-state index contributed by atoms with van der Waals surface area (Å²) < 4.78 is 0. The second-order valence-electron chi connectivity index (χ2n) is 3.83. The molecule has 2 heteroatoms. The second kappa shape index (κ2) is 5.96. The molecule has 0 bridgehead atoms. The van der Waals surface area contributed by atoms with Crippen LogP contribution in [0.5, 0.6) is 0 Å². The first-order valence-corrected chi connectivity index (χ1v) is 6.42. The van der Waals surface area contributed by atoms with Crippen molar-refractivity contribution in [2.45, 2.75) is 32.4 Å². The third-order valence-corrected chi connectivity index (χ3v) is 3.33. The zero-order chi connectivity index (χ0) is 11.3. The van der Waals surface area contributed by atoms with Crippen molar-refractivity contribution >= 4 is 17.5 Å². The molecule has 0 fully saturated rings. The topological polar surface area (TPSA) is 17.1 Å². The van der Waals surface area contributed by atoms with Crippen LogP contribution >= 0.6 is 11.8 Å². The highest BCUT2D eigenvalue weighted by atomic mass is 32.2. The molecule has 1 aromatic carbocycles. The van der Waals surface area contributed by atoms with E-state index in [0.29, 0.717) is 11.0 Å². The van der Waals surface area contributed by atoms with Crippen molar-refractivity contribution in [3.8, 4) is 0 Å². The average Bonchev–Trinajstić information content (AvgIpc) is 2.26. The van der Waals surface area contributed by atoms with Crippen LogP contribution in [0.2, 0.25) is 0 Å². The van der Waals surface area contributed by atoms with Gasteiger partial charge in [-0.25, -0.2) is 0 Å². The number of rotatable bonds is 5. The molecule has 0 unspecified atom stereocenters. The number of carbonyl (C=O) groups is 1. The normalized spacial score (nSPS) is 10.7. The zero-order valence-corrected chi connectivity index (χ0v) is 10.4. The number of benzene rings is 1. The first kappa shape index (κ1) is 12.3. The van der Waals surface area contributed by atoms with Crippen LogP contribution < -0.4 is 0 Å². The molecule has 0 saturated carbocycles. The predicted octanol–water partition coefficient (Wildman–Crippen LogP) is 3.57. The molecule has 0 amide bonds. The Morgan fingerprint density at radius 2 is 1.87 bits per heavy atom. The number of aryl methyl sites for hydroxylation is 1. The van der Waals surface area contributed by atoms with E-state index in [2.05, 4.69) is 20.8 Å². The van der Waals surface area contributed by atoms with Crippen LogP contribution in [0, 0.1) is 0 Å². The minimum atomic E-state index is 0.233. The van der Waals surface area contributed by atoms with Gasteiger partial charge in [0.1, 0.15) is 0 Å². The molecule has 0 aromatic heterocycles. The number of hydrogen-bond donors (Lipinski definition) is 0. The Bertz CT molecular complexity index is 314. The maximum absolute atomic E-state index is 11.7. The number of thioether (sulfide) groups is 1. The Labute approximate surface area is 96.3 Å². The maximum Gasteiger partial charge on any atom is 0.172 e. The van der Waals surface area contributed by atoms with E-state index < -0.39 is 0 Å². The van der Waals surface area contributed by atoms with E-state index in [1.807, 2.05) is 24.3 Å². The molecular weight excluding hydrogens is 204 g/mol. The Morgan fingerprint density at radius 1 is 1.27 bits per heavy atom. The highest BCUT2D eigenvalue weighted by Gasteiger charge is 2.06. The molecule has 0 heterocycles. The standard InChI is InChI=1S/C13H18OS/c1-4-11-5-7-12(8-6-11)13(14)9-15-10(2)3/h5-8,10H,4,9H2,1-3H3. The molecule has 0 aliphatic carbocycles. The lowest BCUT2D eigenvalue weighted by Crippen LogP contribution is -2.04. The maximum atomic E-state index is 11.7. The van der Waals surface area contributed by atoms with E-state index >= 15 is 0 Å². The highest BCUT2D eigenvalue weighted by Crippen LogP contribution is 2.13. The number of Topliss-reactive ketones (excluding diaryl/α,β-unsaturated/α-hetero) is 1. The molecule has 1 nitrogen and oxygen atoms in total. The van der Waals surface area contributed by atoms with Gasteiger partial charge in [-0.3, -0.25) is 4.79 Å². The van der Waals surface area contributed by atoms with Crippen LogP contribution in [0.1, 0.15) is 36.7 Å². The minimum Gasteiger partial charge on any atom is -0.293 e. The predicted molar refractivity (Wildman–Crippen MR) is 67.7 cm³/mol. The van der Waals surface area contributed by atoms with E-state index in [1.165, 1.54) is 5.56 Å². The third-order valence-electron chi connectivity index (χ3n) is 2.23. The fourth-order valence-electron chi connectivity index (χ4n) is 1.25. The molecule has 0 aliphatic rings. The largest absolute Gasteiger partial charge is 0.293 e. The van der Waals surface area contributed by atoms with Crippen LogP contribution in [0.25, 0.3) is 0 Å². The highest BCUT2D eigenvalue weighted by molar-refractivity contribution is 8.00.